The van der Waals surface area contributed by atoms with E-state index in [1.807, 2.05) is 37.3 Å². The Balaban J connectivity index is 1.71. The topological polar surface area (TPSA) is 80.8 Å². The molecule has 2 aromatic rings. The monoisotopic (exact) mass is 383 g/mol. The Morgan fingerprint density at radius 2 is 1.89 bits per heavy atom. The number of aryl methyl sites for hydroxylation is 1. The van der Waals surface area contributed by atoms with E-state index in [2.05, 4.69) is 15.2 Å². The summed E-state index contributed by atoms with van der Waals surface area (Å²) in [5.41, 5.74) is 2.40. The number of hydrogen-bond donors (Lipinski definition) is 1. The van der Waals surface area contributed by atoms with Crippen molar-refractivity contribution in [3.8, 4) is 0 Å². The number of morpholine rings is 1. The molecule has 1 atom stereocenters. The fourth-order valence-electron chi connectivity index (χ4n) is 3.04. The summed E-state index contributed by atoms with van der Waals surface area (Å²) in [6.45, 7) is 4.91. The van der Waals surface area contributed by atoms with Crippen LogP contribution in [0.1, 0.15) is 33.9 Å². The van der Waals surface area contributed by atoms with E-state index in [9.17, 15) is 9.59 Å². The molecule has 28 heavy (non-hydrogen) atoms. The Bertz CT molecular complexity index is 799. The second kappa shape index (κ2) is 9.32. The molecule has 0 radical (unpaired) electrons. The first-order valence-corrected chi connectivity index (χ1v) is 9.30. The fourth-order valence-corrected chi connectivity index (χ4v) is 3.04. The largest absolute Gasteiger partial charge is 0.469 e. The molecule has 1 saturated heterocycles. The van der Waals surface area contributed by atoms with Gasteiger partial charge in [-0.3, -0.25) is 9.59 Å². The number of carbonyl (C=O) groups excluding carboxylic acids is 2. The lowest BCUT2D eigenvalue weighted by molar-refractivity contribution is -0.141. The maximum absolute atomic E-state index is 12.7. The van der Waals surface area contributed by atoms with Crippen LogP contribution in [0, 0.1) is 6.92 Å². The van der Waals surface area contributed by atoms with Crippen LogP contribution in [0.4, 0.5) is 5.82 Å². The number of carbonyl (C=O) groups is 2. The molecule has 1 unspecified atom stereocenters. The van der Waals surface area contributed by atoms with E-state index in [-0.39, 0.29) is 18.3 Å². The molecule has 3 rings (SSSR count). The van der Waals surface area contributed by atoms with Crippen molar-refractivity contribution in [1.29, 1.82) is 0 Å². The van der Waals surface area contributed by atoms with Crippen LogP contribution >= 0.6 is 0 Å². The number of amides is 1. The minimum Gasteiger partial charge on any atom is -0.469 e. The van der Waals surface area contributed by atoms with E-state index in [1.54, 1.807) is 12.3 Å². The van der Waals surface area contributed by atoms with Gasteiger partial charge in [-0.05, 0) is 24.6 Å². The van der Waals surface area contributed by atoms with Crippen molar-refractivity contribution >= 4 is 17.7 Å². The standard InChI is InChI=1S/C21H25N3O4/c1-15-3-5-16(6-4-15)18(13-20(25)27-2)23-21(26)17-7-8-19(22-14-17)24-9-11-28-12-10-24/h3-8,14,18H,9-13H2,1-2H3,(H,23,26). The predicted molar refractivity (Wildman–Crippen MR) is 105 cm³/mol. The van der Waals surface area contributed by atoms with Gasteiger partial charge in [-0.1, -0.05) is 29.8 Å². The number of esters is 1. The van der Waals surface area contributed by atoms with E-state index < -0.39 is 6.04 Å². The minimum atomic E-state index is -0.473. The molecule has 1 fully saturated rings. The SMILES string of the molecule is COC(=O)CC(NC(=O)c1ccc(N2CCOCC2)nc1)c1ccc(C)cc1. The number of hydrogen-bond acceptors (Lipinski definition) is 6. The molecule has 0 saturated carbocycles. The van der Waals surface area contributed by atoms with Crippen LogP contribution in [0.3, 0.4) is 0 Å². The first-order valence-electron chi connectivity index (χ1n) is 9.30. The quantitative estimate of drug-likeness (QED) is 0.771. The van der Waals surface area contributed by atoms with Crippen LogP contribution < -0.4 is 10.2 Å². The Morgan fingerprint density at radius 3 is 2.50 bits per heavy atom. The van der Waals surface area contributed by atoms with Gasteiger partial charge in [0.05, 0.1) is 38.3 Å². The van der Waals surface area contributed by atoms with Gasteiger partial charge in [0.1, 0.15) is 5.82 Å². The molecule has 1 aliphatic heterocycles. The minimum absolute atomic E-state index is 0.0601. The van der Waals surface area contributed by atoms with E-state index in [0.717, 1.165) is 30.0 Å². The van der Waals surface area contributed by atoms with Crippen molar-refractivity contribution in [2.75, 3.05) is 38.3 Å². The zero-order chi connectivity index (χ0) is 19.9. The van der Waals surface area contributed by atoms with Crippen molar-refractivity contribution in [2.24, 2.45) is 0 Å². The number of aromatic nitrogens is 1. The summed E-state index contributed by atoms with van der Waals surface area (Å²) >= 11 is 0. The molecule has 7 heteroatoms. The highest BCUT2D eigenvalue weighted by Crippen LogP contribution is 2.20. The summed E-state index contributed by atoms with van der Waals surface area (Å²) in [5.74, 6) is 0.159. The average Bonchev–Trinajstić information content (AvgIpc) is 2.74. The number of anilines is 1. The second-order valence-corrected chi connectivity index (χ2v) is 6.72. The van der Waals surface area contributed by atoms with Crippen molar-refractivity contribution in [1.82, 2.24) is 10.3 Å². The van der Waals surface area contributed by atoms with Crippen LogP contribution in [0.15, 0.2) is 42.6 Å². The second-order valence-electron chi connectivity index (χ2n) is 6.72. The summed E-state index contributed by atoms with van der Waals surface area (Å²) in [6.07, 6.45) is 1.62. The van der Waals surface area contributed by atoms with Gasteiger partial charge >= 0.3 is 5.97 Å². The van der Waals surface area contributed by atoms with Gasteiger partial charge < -0.3 is 19.7 Å². The van der Waals surface area contributed by atoms with Crippen molar-refractivity contribution in [2.45, 2.75) is 19.4 Å². The molecule has 1 aromatic carbocycles. The zero-order valence-corrected chi connectivity index (χ0v) is 16.2. The summed E-state index contributed by atoms with van der Waals surface area (Å²) in [5, 5.41) is 2.92. The number of pyridine rings is 1. The van der Waals surface area contributed by atoms with Crippen molar-refractivity contribution in [3.63, 3.8) is 0 Å². The van der Waals surface area contributed by atoms with Gasteiger partial charge in [0.25, 0.3) is 5.91 Å². The highest BCUT2D eigenvalue weighted by molar-refractivity contribution is 5.94. The maximum Gasteiger partial charge on any atom is 0.307 e. The van der Waals surface area contributed by atoms with Gasteiger partial charge in [0.2, 0.25) is 0 Å². The van der Waals surface area contributed by atoms with E-state index in [1.165, 1.54) is 7.11 Å². The number of benzene rings is 1. The molecule has 0 spiro atoms. The molecule has 0 aliphatic carbocycles. The number of nitrogens with one attached hydrogen (secondary N) is 1. The van der Waals surface area contributed by atoms with Crippen LogP contribution in [-0.2, 0) is 14.3 Å². The maximum atomic E-state index is 12.7. The number of rotatable bonds is 6. The van der Waals surface area contributed by atoms with Gasteiger partial charge in [0, 0.05) is 19.3 Å². The fraction of sp³-hybridized carbons (Fsp3) is 0.381. The van der Waals surface area contributed by atoms with E-state index >= 15 is 0 Å². The van der Waals surface area contributed by atoms with Gasteiger partial charge in [-0.2, -0.15) is 0 Å². The van der Waals surface area contributed by atoms with Crippen molar-refractivity contribution < 1.29 is 19.1 Å². The van der Waals surface area contributed by atoms with Crippen LogP contribution in [0.2, 0.25) is 0 Å². The third-order valence-electron chi connectivity index (χ3n) is 4.73. The number of methoxy groups -OCH3 is 1. The summed E-state index contributed by atoms with van der Waals surface area (Å²) in [4.78, 5) is 31.0. The third-order valence-corrected chi connectivity index (χ3v) is 4.73. The number of ether oxygens (including phenoxy) is 2. The smallest absolute Gasteiger partial charge is 0.307 e. The number of nitrogens with zero attached hydrogens (tertiary/aromatic N) is 2. The summed E-state index contributed by atoms with van der Waals surface area (Å²) in [7, 11) is 1.34. The molecule has 0 bridgehead atoms. The lowest BCUT2D eigenvalue weighted by Gasteiger charge is -2.27. The van der Waals surface area contributed by atoms with Crippen LogP contribution in [0.5, 0.6) is 0 Å². The van der Waals surface area contributed by atoms with Crippen LogP contribution in [-0.4, -0.2) is 50.3 Å². The zero-order valence-electron chi connectivity index (χ0n) is 16.2. The molecule has 1 aromatic heterocycles. The predicted octanol–water partition coefficient (Wildman–Crippen LogP) is 2.26. The summed E-state index contributed by atoms with van der Waals surface area (Å²) in [6, 6.07) is 10.8. The van der Waals surface area contributed by atoms with E-state index in [0.29, 0.717) is 18.8 Å². The highest BCUT2D eigenvalue weighted by Gasteiger charge is 2.20. The molecule has 7 nitrogen and oxygen atoms in total. The molecule has 1 amide bonds. The summed E-state index contributed by atoms with van der Waals surface area (Å²) < 4.78 is 10.1. The molecular weight excluding hydrogens is 358 g/mol. The lowest BCUT2D eigenvalue weighted by atomic mass is 10.0. The lowest BCUT2D eigenvalue weighted by Crippen LogP contribution is -2.36. The molecule has 1 N–H and O–H groups in total. The Hall–Kier alpha value is -2.93. The first kappa shape index (κ1) is 19.8. The van der Waals surface area contributed by atoms with Gasteiger partial charge in [-0.15, -0.1) is 0 Å². The van der Waals surface area contributed by atoms with E-state index in [4.69, 9.17) is 9.47 Å². The van der Waals surface area contributed by atoms with Gasteiger partial charge in [0.15, 0.2) is 0 Å². The Labute approximate surface area is 164 Å². The first-order chi connectivity index (χ1) is 13.6. The Morgan fingerprint density at radius 1 is 1.18 bits per heavy atom. The van der Waals surface area contributed by atoms with Crippen LogP contribution in [0.25, 0.3) is 0 Å². The molecule has 2 heterocycles. The third kappa shape index (κ3) is 5.07. The molecule has 148 valence electrons. The highest BCUT2D eigenvalue weighted by atomic mass is 16.5. The Kier molecular flexibility index (Phi) is 6.60. The van der Waals surface area contributed by atoms with Crippen molar-refractivity contribution in [3.05, 3.63) is 59.3 Å². The molecular formula is C21H25N3O4. The van der Waals surface area contributed by atoms with Gasteiger partial charge in [-0.25, -0.2) is 4.98 Å². The molecule has 1 aliphatic rings. The average molecular weight is 383 g/mol. The normalized spacial score (nSPS) is 15.0.